The first-order valence-electron chi connectivity index (χ1n) is 5.39. The van der Waals surface area contributed by atoms with E-state index in [0.717, 1.165) is 16.6 Å². The molecule has 16 heavy (non-hydrogen) atoms. The molecule has 1 rings (SSSR count). The fourth-order valence-electron chi connectivity index (χ4n) is 1.60. The maximum Gasteiger partial charge on any atom is 0.120 e. The molecule has 0 aliphatic rings. The van der Waals surface area contributed by atoms with Crippen LogP contribution in [0.2, 0.25) is 0 Å². The van der Waals surface area contributed by atoms with Gasteiger partial charge in [0.15, 0.2) is 0 Å². The van der Waals surface area contributed by atoms with Crippen LogP contribution in [0.15, 0.2) is 22.7 Å². The second-order valence-electron chi connectivity index (χ2n) is 4.31. The Hall–Kier alpha value is -1.01. The fourth-order valence-corrected chi connectivity index (χ4v) is 2.05. The van der Waals surface area contributed by atoms with Crippen LogP contribution in [0.4, 0.5) is 0 Å². The highest BCUT2D eigenvalue weighted by Gasteiger charge is 2.08. The molecule has 1 unspecified atom stereocenters. The Bertz CT molecular complexity index is 395. The maximum absolute atomic E-state index is 8.79. The molecule has 0 radical (unpaired) electrons. The van der Waals surface area contributed by atoms with Gasteiger partial charge in [0.05, 0.1) is 11.7 Å². The van der Waals surface area contributed by atoms with Gasteiger partial charge in [-0.3, -0.25) is 0 Å². The molecule has 1 atom stereocenters. The van der Waals surface area contributed by atoms with Gasteiger partial charge in [0.1, 0.15) is 11.8 Å². The minimum Gasteiger partial charge on any atom is -0.491 e. The summed E-state index contributed by atoms with van der Waals surface area (Å²) in [5.74, 6) is 1.43. The minimum absolute atomic E-state index is 0.194. The van der Waals surface area contributed by atoms with Gasteiger partial charge in [0, 0.05) is 4.47 Å². The molecule has 0 bridgehead atoms. The van der Waals surface area contributed by atoms with E-state index in [-0.39, 0.29) is 6.10 Å². The second kappa shape index (κ2) is 5.91. The van der Waals surface area contributed by atoms with Gasteiger partial charge in [-0.1, -0.05) is 13.8 Å². The highest BCUT2D eigenvalue weighted by Crippen LogP contribution is 2.24. The summed E-state index contributed by atoms with van der Waals surface area (Å²) in [7, 11) is 0. The van der Waals surface area contributed by atoms with Crippen molar-refractivity contribution in [3.63, 3.8) is 0 Å². The highest BCUT2D eigenvalue weighted by molar-refractivity contribution is 9.10. The molecule has 3 heteroatoms. The SMILES string of the molecule is CC(C)CC(C)Oc1ccc(C#N)c(Br)c1. The van der Waals surface area contributed by atoms with Crippen molar-refractivity contribution < 1.29 is 4.74 Å². The van der Waals surface area contributed by atoms with Crippen molar-refractivity contribution in [2.45, 2.75) is 33.3 Å². The van der Waals surface area contributed by atoms with Crippen molar-refractivity contribution >= 4 is 15.9 Å². The molecule has 0 amide bonds. The molecular formula is C13H16BrNO. The zero-order valence-electron chi connectivity index (χ0n) is 9.83. The smallest absolute Gasteiger partial charge is 0.120 e. The van der Waals surface area contributed by atoms with Gasteiger partial charge < -0.3 is 4.74 Å². The number of rotatable bonds is 4. The molecule has 0 fully saturated rings. The molecule has 0 saturated carbocycles. The van der Waals surface area contributed by atoms with E-state index >= 15 is 0 Å². The molecule has 2 nitrogen and oxygen atoms in total. The van der Waals surface area contributed by atoms with E-state index in [4.69, 9.17) is 10.00 Å². The molecular weight excluding hydrogens is 266 g/mol. The summed E-state index contributed by atoms with van der Waals surface area (Å²) in [5.41, 5.74) is 0.629. The molecule has 1 aromatic carbocycles. The van der Waals surface area contributed by atoms with Crippen molar-refractivity contribution in [3.8, 4) is 11.8 Å². The molecule has 0 aliphatic carbocycles. The predicted molar refractivity (Wildman–Crippen MR) is 68.4 cm³/mol. The molecule has 86 valence electrons. The Kier molecular flexibility index (Phi) is 4.82. The third kappa shape index (κ3) is 3.86. The number of hydrogen-bond donors (Lipinski definition) is 0. The van der Waals surface area contributed by atoms with E-state index in [1.54, 1.807) is 6.07 Å². The highest BCUT2D eigenvalue weighted by atomic mass is 79.9. The van der Waals surface area contributed by atoms with Crippen molar-refractivity contribution in [2.24, 2.45) is 5.92 Å². The summed E-state index contributed by atoms with van der Waals surface area (Å²) >= 11 is 3.35. The zero-order valence-corrected chi connectivity index (χ0v) is 11.4. The largest absolute Gasteiger partial charge is 0.491 e. The molecule has 0 spiro atoms. The second-order valence-corrected chi connectivity index (χ2v) is 5.17. The van der Waals surface area contributed by atoms with Gasteiger partial charge >= 0.3 is 0 Å². The van der Waals surface area contributed by atoms with Crippen LogP contribution in [0, 0.1) is 17.2 Å². The molecule has 1 aromatic rings. The summed E-state index contributed by atoms with van der Waals surface area (Å²) in [5, 5.41) is 8.79. The summed E-state index contributed by atoms with van der Waals surface area (Å²) in [4.78, 5) is 0. The standard InChI is InChI=1S/C13H16BrNO/c1-9(2)6-10(3)16-12-5-4-11(8-15)13(14)7-12/h4-5,7,9-10H,6H2,1-3H3. The van der Waals surface area contributed by atoms with E-state index in [1.807, 2.05) is 12.1 Å². The van der Waals surface area contributed by atoms with Gasteiger partial charge in [-0.2, -0.15) is 5.26 Å². The van der Waals surface area contributed by atoms with E-state index in [2.05, 4.69) is 42.8 Å². The lowest BCUT2D eigenvalue weighted by molar-refractivity contribution is 0.193. The third-order valence-electron chi connectivity index (χ3n) is 2.20. The monoisotopic (exact) mass is 281 g/mol. The van der Waals surface area contributed by atoms with E-state index in [1.165, 1.54) is 0 Å². The summed E-state index contributed by atoms with van der Waals surface area (Å²) < 4.78 is 6.55. The molecule has 0 N–H and O–H groups in total. The Balaban J connectivity index is 2.69. The predicted octanol–water partition coefficient (Wildman–Crippen LogP) is 4.13. The Morgan fingerprint density at radius 2 is 2.06 bits per heavy atom. The summed E-state index contributed by atoms with van der Waals surface area (Å²) in [6.45, 7) is 6.41. The summed E-state index contributed by atoms with van der Waals surface area (Å²) in [6, 6.07) is 7.55. The Morgan fingerprint density at radius 3 is 2.56 bits per heavy atom. The van der Waals surface area contributed by atoms with Crippen LogP contribution in [0.5, 0.6) is 5.75 Å². The lowest BCUT2D eigenvalue weighted by Crippen LogP contribution is -2.14. The van der Waals surface area contributed by atoms with Crippen LogP contribution in [0.25, 0.3) is 0 Å². The molecule has 0 saturated heterocycles. The number of nitrogens with zero attached hydrogens (tertiary/aromatic N) is 1. The topological polar surface area (TPSA) is 33.0 Å². The first kappa shape index (κ1) is 13.1. The number of halogens is 1. The van der Waals surface area contributed by atoms with E-state index < -0.39 is 0 Å². The Morgan fingerprint density at radius 1 is 1.38 bits per heavy atom. The van der Waals surface area contributed by atoms with Crippen LogP contribution < -0.4 is 4.74 Å². The van der Waals surface area contributed by atoms with Crippen LogP contribution in [-0.2, 0) is 0 Å². The van der Waals surface area contributed by atoms with Gasteiger partial charge in [-0.05, 0) is 53.4 Å². The average molecular weight is 282 g/mol. The normalized spacial score (nSPS) is 12.2. The van der Waals surface area contributed by atoms with Crippen LogP contribution >= 0.6 is 15.9 Å². The molecule has 0 heterocycles. The van der Waals surface area contributed by atoms with Gasteiger partial charge in [-0.15, -0.1) is 0 Å². The van der Waals surface area contributed by atoms with Gasteiger partial charge in [0.2, 0.25) is 0 Å². The van der Waals surface area contributed by atoms with Gasteiger partial charge in [0.25, 0.3) is 0 Å². The fraction of sp³-hybridized carbons (Fsp3) is 0.462. The van der Waals surface area contributed by atoms with Crippen molar-refractivity contribution in [1.82, 2.24) is 0 Å². The lowest BCUT2D eigenvalue weighted by Gasteiger charge is -2.16. The number of hydrogen-bond acceptors (Lipinski definition) is 2. The van der Waals surface area contributed by atoms with Gasteiger partial charge in [-0.25, -0.2) is 0 Å². The van der Waals surface area contributed by atoms with Crippen molar-refractivity contribution in [2.75, 3.05) is 0 Å². The van der Waals surface area contributed by atoms with E-state index in [0.29, 0.717) is 11.5 Å². The minimum atomic E-state index is 0.194. The first-order valence-corrected chi connectivity index (χ1v) is 6.18. The number of ether oxygens (including phenoxy) is 1. The number of nitriles is 1. The van der Waals surface area contributed by atoms with Crippen LogP contribution in [0.1, 0.15) is 32.8 Å². The average Bonchev–Trinajstić information content (AvgIpc) is 2.16. The maximum atomic E-state index is 8.79. The first-order chi connectivity index (χ1) is 7.52. The van der Waals surface area contributed by atoms with Crippen molar-refractivity contribution in [3.05, 3.63) is 28.2 Å². The Labute approximate surface area is 105 Å². The van der Waals surface area contributed by atoms with E-state index in [9.17, 15) is 0 Å². The third-order valence-corrected chi connectivity index (χ3v) is 2.86. The molecule has 0 aliphatic heterocycles. The summed E-state index contributed by atoms with van der Waals surface area (Å²) in [6.07, 6.45) is 1.22. The lowest BCUT2D eigenvalue weighted by atomic mass is 10.1. The number of benzene rings is 1. The quantitative estimate of drug-likeness (QED) is 0.831. The van der Waals surface area contributed by atoms with Crippen LogP contribution in [-0.4, -0.2) is 6.10 Å². The van der Waals surface area contributed by atoms with Crippen LogP contribution in [0.3, 0.4) is 0 Å². The zero-order chi connectivity index (χ0) is 12.1. The molecule has 0 aromatic heterocycles. The van der Waals surface area contributed by atoms with Crippen molar-refractivity contribution in [1.29, 1.82) is 5.26 Å².